The van der Waals surface area contributed by atoms with Crippen LogP contribution < -0.4 is 10.1 Å². The maximum atomic E-state index is 11.6. The van der Waals surface area contributed by atoms with Gasteiger partial charge in [0.05, 0.1) is 18.6 Å². The standard InChI is InChI=1S/C17H26N2O3S/c1-22-16-6-4-14(5-7-16)17(19-9-2-3-10-19)12-18-15-8-11-23(20,21)13-15/h4-7,15,17-18H,2-3,8-13H2,1H3/t15-,17-/m0/s1. The first kappa shape index (κ1) is 16.7. The summed E-state index contributed by atoms with van der Waals surface area (Å²) in [6.07, 6.45) is 3.21. The van der Waals surface area contributed by atoms with E-state index in [1.54, 1.807) is 7.11 Å². The molecule has 2 fully saturated rings. The number of nitrogens with one attached hydrogen (secondary N) is 1. The van der Waals surface area contributed by atoms with Crippen LogP contribution in [0.25, 0.3) is 0 Å². The van der Waals surface area contributed by atoms with Gasteiger partial charge in [-0.25, -0.2) is 8.42 Å². The van der Waals surface area contributed by atoms with Crippen LogP contribution in [0.4, 0.5) is 0 Å². The fraction of sp³-hybridized carbons (Fsp3) is 0.647. The molecule has 0 aromatic heterocycles. The van der Waals surface area contributed by atoms with Gasteiger partial charge in [-0.2, -0.15) is 0 Å². The van der Waals surface area contributed by atoms with Crippen LogP contribution in [0, 0.1) is 0 Å². The highest BCUT2D eigenvalue weighted by Gasteiger charge is 2.29. The van der Waals surface area contributed by atoms with Gasteiger partial charge in [0.2, 0.25) is 0 Å². The summed E-state index contributed by atoms with van der Waals surface area (Å²) in [6.45, 7) is 3.02. The number of sulfone groups is 1. The van der Waals surface area contributed by atoms with Gasteiger partial charge in [0.1, 0.15) is 5.75 Å². The minimum atomic E-state index is -2.83. The van der Waals surface area contributed by atoms with Gasteiger partial charge in [0.15, 0.2) is 9.84 Å². The summed E-state index contributed by atoms with van der Waals surface area (Å²) in [4.78, 5) is 2.50. The molecule has 5 nitrogen and oxygen atoms in total. The first-order chi connectivity index (χ1) is 11.1. The van der Waals surface area contributed by atoms with E-state index in [1.165, 1.54) is 18.4 Å². The molecule has 3 rings (SSSR count). The van der Waals surface area contributed by atoms with Gasteiger partial charge in [-0.05, 0) is 50.0 Å². The van der Waals surface area contributed by atoms with Crippen molar-refractivity contribution in [2.45, 2.75) is 31.3 Å². The Labute approximate surface area is 138 Å². The highest BCUT2D eigenvalue weighted by molar-refractivity contribution is 7.91. The Morgan fingerprint density at radius 1 is 1.26 bits per heavy atom. The molecular formula is C17H26N2O3S. The number of methoxy groups -OCH3 is 1. The Hall–Kier alpha value is -1.11. The molecule has 0 aliphatic carbocycles. The Bertz CT molecular complexity index is 609. The Kier molecular flexibility index (Phi) is 5.24. The van der Waals surface area contributed by atoms with Crippen molar-refractivity contribution >= 4 is 9.84 Å². The first-order valence-electron chi connectivity index (χ1n) is 8.39. The number of hydrogen-bond acceptors (Lipinski definition) is 5. The number of ether oxygens (including phenoxy) is 1. The molecule has 1 aromatic rings. The fourth-order valence-electron chi connectivity index (χ4n) is 3.57. The van der Waals surface area contributed by atoms with Crippen LogP contribution in [0.2, 0.25) is 0 Å². The maximum Gasteiger partial charge on any atom is 0.151 e. The fourth-order valence-corrected chi connectivity index (χ4v) is 5.28. The van der Waals surface area contributed by atoms with Gasteiger partial charge in [-0.1, -0.05) is 12.1 Å². The van der Waals surface area contributed by atoms with E-state index < -0.39 is 9.84 Å². The maximum absolute atomic E-state index is 11.6. The van der Waals surface area contributed by atoms with Crippen LogP contribution in [-0.4, -0.2) is 57.6 Å². The van der Waals surface area contributed by atoms with E-state index >= 15 is 0 Å². The van der Waals surface area contributed by atoms with Crippen molar-refractivity contribution < 1.29 is 13.2 Å². The number of likely N-dealkylation sites (tertiary alicyclic amines) is 1. The first-order valence-corrected chi connectivity index (χ1v) is 10.2. The molecule has 0 bridgehead atoms. The molecule has 2 aliphatic rings. The molecule has 6 heteroatoms. The average Bonchev–Trinajstić information content (AvgIpc) is 3.18. The van der Waals surface area contributed by atoms with Crippen molar-refractivity contribution in [3.63, 3.8) is 0 Å². The molecule has 0 amide bonds. The second kappa shape index (κ2) is 7.20. The summed E-state index contributed by atoms with van der Waals surface area (Å²) < 4.78 is 28.5. The lowest BCUT2D eigenvalue weighted by molar-refractivity contribution is 0.234. The molecule has 1 aromatic carbocycles. The van der Waals surface area contributed by atoms with E-state index in [0.29, 0.717) is 11.8 Å². The van der Waals surface area contributed by atoms with E-state index in [-0.39, 0.29) is 11.8 Å². The molecule has 1 N–H and O–H groups in total. The molecule has 0 spiro atoms. The minimum Gasteiger partial charge on any atom is -0.497 e. The van der Waals surface area contributed by atoms with Crippen molar-refractivity contribution in [2.24, 2.45) is 0 Å². The van der Waals surface area contributed by atoms with Crippen molar-refractivity contribution in [3.05, 3.63) is 29.8 Å². The normalized spacial score (nSPS) is 25.5. The number of nitrogens with zero attached hydrogens (tertiary/aromatic N) is 1. The quantitative estimate of drug-likeness (QED) is 0.854. The van der Waals surface area contributed by atoms with E-state index in [0.717, 1.165) is 31.8 Å². The van der Waals surface area contributed by atoms with Gasteiger partial charge in [0, 0.05) is 18.6 Å². The minimum absolute atomic E-state index is 0.100. The van der Waals surface area contributed by atoms with E-state index in [4.69, 9.17) is 4.74 Å². The van der Waals surface area contributed by atoms with Gasteiger partial charge in [-0.15, -0.1) is 0 Å². The van der Waals surface area contributed by atoms with Crippen molar-refractivity contribution in [1.29, 1.82) is 0 Å². The third-order valence-electron chi connectivity index (χ3n) is 4.91. The third-order valence-corrected chi connectivity index (χ3v) is 6.68. The topological polar surface area (TPSA) is 58.6 Å². The van der Waals surface area contributed by atoms with Gasteiger partial charge in [0.25, 0.3) is 0 Å². The molecule has 0 radical (unpaired) electrons. The van der Waals surface area contributed by atoms with Crippen LogP contribution >= 0.6 is 0 Å². The summed E-state index contributed by atoms with van der Waals surface area (Å²) in [5.41, 5.74) is 1.26. The second-order valence-electron chi connectivity index (χ2n) is 6.54. The molecular weight excluding hydrogens is 312 g/mol. The molecule has 2 atom stereocenters. The summed E-state index contributed by atoms with van der Waals surface area (Å²) in [5, 5.41) is 3.49. The van der Waals surface area contributed by atoms with E-state index in [2.05, 4.69) is 22.3 Å². The van der Waals surface area contributed by atoms with Crippen molar-refractivity contribution in [3.8, 4) is 5.75 Å². The number of rotatable bonds is 6. The van der Waals surface area contributed by atoms with Crippen molar-refractivity contribution in [1.82, 2.24) is 10.2 Å². The summed E-state index contributed by atoms with van der Waals surface area (Å²) in [6, 6.07) is 8.63. The van der Waals surface area contributed by atoms with Crippen molar-refractivity contribution in [2.75, 3.05) is 38.2 Å². The summed E-state index contributed by atoms with van der Waals surface area (Å²) >= 11 is 0. The zero-order valence-corrected chi connectivity index (χ0v) is 14.5. The highest BCUT2D eigenvalue weighted by atomic mass is 32.2. The van der Waals surface area contributed by atoms with Crippen LogP contribution in [0.3, 0.4) is 0 Å². The van der Waals surface area contributed by atoms with Crippen LogP contribution in [0.15, 0.2) is 24.3 Å². The molecule has 0 saturated carbocycles. The zero-order valence-electron chi connectivity index (χ0n) is 13.7. The van der Waals surface area contributed by atoms with Crippen LogP contribution in [0.1, 0.15) is 30.9 Å². The molecule has 128 valence electrons. The Morgan fingerprint density at radius 2 is 1.96 bits per heavy atom. The van der Waals surface area contributed by atoms with E-state index in [9.17, 15) is 8.42 Å². The second-order valence-corrected chi connectivity index (χ2v) is 8.77. The van der Waals surface area contributed by atoms with Crippen LogP contribution in [0.5, 0.6) is 5.75 Å². The van der Waals surface area contributed by atoms with Gasteiger partial charge in [-0.3, -0.25) is 4.90 Å². The molecule has 2 heterocycles. The predicted octanol–water partition coefficient (Wildman–Crippen LogP) is 1.61. The summed E-state index contributed by atoms with van der Waals surface area (Å²) in [5.74, 6) is 1.47. The predicted molar refractivity (Wildman–Crippen MR) is 91.6 cm³/mol. The largest absolute Gasteiger partial charge is 0.497 e. The Morgan fingerprint density at radius 3 is 2.52 bits per heavy atom. The number of benzene rings is 1. The zero-order chi connectivity index (χ0) is 16.3. The van der Waals surface area contributed by atoms with Gasteiger partial charge >= 0.3 is 0 Å². The molecule has 2 saturated heterocycles. The van der Waals surface area contributed by atoms with Crippen LogP contribution in [-0.2, 0) is 9.84 Å². The van der Waals surface area contributed by atoms with E-state index in [1.807, 2.05) is 12.1 Å². The smallest absolute Gasteiger partial charge is 0.151 e. The highest BCUT2D eigenvalue weighted by Crippen LogP contribution is 2.26. The third kappa shape index (κ3) is 4.25. The van der Waals surface area contributed by atoms with Gasteiger partial charge < -0.3 is 10.1 Å². The summed E-state index contributed by atoms with van der Waals surface area (Å²) in [7, 11) is -1.15. The molecule has 0 unspecified atom stereocenters. The number of hydrogen-bond donors (Lipinski definition) is 1. The lowest BCUT2D eigenvalue weighted by atomic mass is 10.0. The molecule has 2 aliphatic heterocycles. The monoisotopic (exact) mass is 338 g/mol. The molecule has 23 heavy (non-hydrogen) atoms. The Balaban J connectivity index is 1.68. The lowest BCUT2D eigenvalue weighted by Crippen LogP contribution is -2.39. The average molecular weight is 338 g/mol. The SMILES string of the molecule is COc1ccc([C@H](CN[C@H]2CCS(=O)(=O)C2)N2CCCC2)cc1. The lowest BCUT2D eigenvalue weighted by Gasteiger charge is -2.29.